The van der Waals surface area contributed by atoms with Gasteiger partial charge in [0.05, 0.1) is 23.2 Å². The first kappa shape index (κ1) is 11.7. The zero-order valence-corrected chi connectivity index (χ0v) is 10.0. The molecule has 1 heterocycles. The molecule has 0 radical (unpaired) electrons. The predicted molar refractivity (Wildman–Crippen MR) is 63.2 cm³/mol. The summed E-state index contributed by atoms with van der Waals surface area (Å²) >= 11 is 11.7. The van der Waals surface area contributed by atoms with Crippen LogP contribution in [0, 0.1) is 0 Å². The Kier molecular flexibility index (Phi) is 3.69. The van der Waals surface area contributed by atoms with Crippen LogP contribution in [0.15, 0.2) is 18.2 Å². The summed E-state index contributed by atoms with van der Waals surface area (Å²) in [5.74, 6) is -0.183. The molecule has 1 saturated heterocycles. The highest BCUT2D eigenvalue weighted by Crippen LogP contribution is 2.21. The quantitative estimate of drug-likeness (QED) is 0.887. The molecular formula is C11H11Cl2NO2. The lowest BCUT2D eigenvalue weighted by molar-refractivity contribution is 0.0930. The number of hydrogen-bond donors (Lipinski definition) is 1. The Hall–Kier alpha value is -0.770. The summed E-state index contributed by atoms with van der Waals surface area (Å²) < 4.78 is 5.17. The third kappa shape index (κ3) is 2.67. The second kappa shape index (κ2) is 5.04. The molecule has 0 bridgehead atoms. The lowest BCUT2D eigenvalue weighted by Gasteiger charge is -2.11. The Morgan fingerprint density at radius 3 is 2.88 bits per heavy atom. The summed E-state index contributed by atoms with van der Waals surface area (Å²) in [6.45, 7) is 1.26. The molecule has 1 aliphatic rings. The average molecular weight is 260 g/mol. The molecule has 0 aromatic heterocycles. The summed E-state index contributed by atoms with van der Waals surface area (Å²) in [6.07, 6.45) is 0.844. The number of rotatable bonds is 2. The van der Waals surface area contributed by atoms with Crippen molar-refractivity contribution < 1.29 is 9.53 Å². The number of halogens is 2. The van der Waals surface area contributed by atoms with Crippen LogP contribution in [0.2, 0.25) is 10.0 Å². The van der Waals surface area contributed by atoms with E-state index in [1.54, 1.807) is 18.2 Å². The monoisotopic (exact) mass is 259 g/mol. The fraction of sp³-hybridized carbons (Fsp3) is 0.364. The molecule has 86 valence electrons. The fourth-order valence-electron chi connectivity index (χ4n) is 1.59. The lowest BCUT2D eigenvalue weighted by atomic mass is 10.2. The molecule has 1 atom stereocenters. The molecule has 0 spiro atoms. The molecule has 1 fully saturated rings. The van der Waals surface area contributed by atoms with E-state index in [-0.39, 0.29) is 11.9 Å². The molecule has 16 heavy (non-hydrogen) atoms. The van der Waals surface area contributed by atoms with Crippen molar-refractivity contribution in [1.29, 1.82) is 0 Å². The minimum absolute atomic E-state index is 0.0826. The van der Waals surface area contributed by atoms with Crippen LogP contribution in [0.4, 0.5) is 0 Å². The Balaban J connectivity index is 2.08. The van der Waals surface area contributed by atoms with E-state index in [1.165, 1.54) is 0 Å². The molecular weight excluding hydrogens is 249 g/mol. The van der Waals surface area contributed by atoms with E-state index in [1.807, 2.05) is 0 Å². The van der Waals surface area contributed by atoms with Gasteiger partial charge in [0.2, 0.25) is 0 Å². The van der Waals surface area contributed by atoms with Gasteiger partial charge >= 0.3 is 0 Å². The number of amides is 1. The van der Waals surface area contributed by atoms with E-state index in [0.29, 0.717) is 28.8 Å². The van der Waals surface area contributed by atoms with Gasteiger partial charge in [0.1, 0.15) is 0 Å². The standard InChI is InChI=1S/C11H11Cl2NO2/c12-7-1-2-9(10(13)5-7)11(15)14-8-3-4-16-6-8/h1-2,5,8H,3-4,6H2,(H,14,15). The van der Waals surface area contributed by atoms with Crippen LogP contribution in [0.25, 0.3) is 0 Å². The predicted octanol–water partition coefficient (Wildman–Crippen LogP) is 2.51. The molecule has 3 nitrogen and oxygen atoms in total. The number of ether oxygens (including phenoxy) is 1. The van der Waals surface area contributed by atoms with Crippen LogP contribution in [-0.2, 0) is 4.74 Å². The largest absolute Gasteiger partial charge is 0.379 e. The van der Waals surface area contributed by atoms with Crippen LogP contribution >= 0.6 is 23.2 Å². The topological polar surface area (TPSA) is 38.3 Å². The van der Waals surface area contributed by atoms with Crippen LogP contribution in [0.1, 0.15) is 16.8 Å². The first-order valence-electron chi connectivity index (χ1n) is 5.00. The Morgan fingerprint density at radius 1 is 1.44 bits per heavy atom. The third-order valence-electron chi connectivity index (χ3n) is 2.44. The van der Waals surface area contributed by atoms with Gasteiger partial charge in [0.15, 0.2) is 0 Å². The number of carbonyl (C=O) groups excluding carboxylic acids is 1. The third-order valence-corrected chi connectivity index (χ3v) is 2.99. The molecule has 2 rings (SSSR count). The van der Waals surface area contributed by atoms with Crippen molar-refractivity contribution in [2.45, 2.75) is 12.5 Å². The second-order valence-electron chi connectivity index (χ2n) is 3.66. The number of hydrogen-bond acceptors (Lipinski definition) is 2. The van der Waals surface area contributed by atoms with Crippen molar-refractivity contribution in [3.05, 3.63) is 33.8 Å². The molecule has 1 unspecified atom stereocenters. The Bertz CT molecular complexity index is 403. The zero-order valence-electron chi connectivity index (χ0n) is 8.50. The van der Waals surface area contributed by atoms with E-state index in [9.17, 15) is 4.79 Å². The van der Waals surface area contributed by atoms with Gasteiger partial charge in [-0.1, -0.05) is 23.2 Å². The summed E-state index contributed by atoms with van der Waals surface area (Å²) in [7, 11) is 0. The molecule has 1 N–H and O–H groups in total. The van der Waals surface area contributed by atoms with Crippen LogP contribution in [0.3, 0.4) is 0 Å². The molecule has 1 aliphatic heterocycles. The first-order chi connectivity index (χ1) is 7.66. The summed E-state index contributed by atoms with van der Waals surface area (Å²) in [4.78, 5) is 11.8. The summed E-state index contributed by atoms with van der Waals surface area (Å²) in [5, 5.41) is 3.75. The maximum absolute atomic E-state index is 11.8. The van der Waals surface area contributed by atoms with Gasteiger partial charge < -0.3 is 10.1 Å². The highest BCUT2D eigenvalue weighted by Gasteiger charge is 2.19. The van der Waals surface area contributed by atoms with Gasteiger partial charge in [0.25, 0.3) is 5.91 Å². The number of nitrogens with one attached hydrogen (secondary N) is 1. The van der Waals surface area contributed by atoms with Gasteiger partial charge in [-0.15, -0.1) is 0 Å². The Morgan fingerprint density at radius 2 is 2.25 bits per heavy atom. The molecule has 5 heteroatoms. The normalized spacial score (nSPS) is 19.8. The van der Waals surface area contributed by atoms with Crippen molar-refractivity contribution in [3.63, 3.8) is 0 Å². The zero-order chi connectivity index (χ0) is 11.5. The van der Waals surface area contributed by atoms with Gasteiger partial charge in [-0.3, -0.25) is 4.79 Å². The highest BCUT2D eigenvalue weighted by molar-refractivity contribution is 6.36. The van der Waals surface area contributed by atoms with E-state index >= 15 is 0 Å². The van der Waals surface area contributed by atoms with Crippen molar-refractivity contribution in [2.24, 2.45) is 0 Å². The second-order valence-corrected chi connectivity index (χ2v) is 4.50. The first-order valence-corrected chi connectivity index (χ1v) is 5.76. The molecule has 1 amide bonds. The van der Waals surface area contributed by atoms with Gasteiger partial charge in [0, 0.05) is 11.6 Å². The number of carbonyl (C=O) groups is 1. The SMILES string of the molecule is O=C(NC1CCOC1)c1ccc(Cl)cc1Cl. The smallest absolute Gasteiger partial charge is 0.253 e. The van der Waals surface area contributed by atoms with Crippen molar-refractivity contribution in [2.75, 3.05) is 13.2 Å². The van der Waals surface area contributed by atoms with Crippen LogP contribution < -0.4 is 5.32 Å². The van der Waals surface area contributed by atoms with Crippen molar-refractivity contribution >= 4 is 29.1 Å². The van der Waals surface area contributed by atoms with E-state index in [2.05, 4.69) is 5.32 Å². The fourth-order valence-corrected chi connectivity index (χ4v) is 2.08. The summed E-state index contributed by atoms with van der Waals surface area (Å²) in [6, 6.07) is 4.91. The van der Waals surface area contributed by atoms with Crippen LogP contribution in [0.5, 0.6) is 0 Å². The Labute approximate surface area is 104 Å². The maximum atomic E-state index is 11.8. The van der Waals surface area contributed by atoms with Crippen molar-refractivity contribution in [1.82, 2.24) is 5.32 Å². The minimum atomic E-state index is -0.183. The van der Waals surface area contributed by atoms with Gasteiger partial charge in [-0.2, -0.15) is 0 Å². The molecule has 0 aliphatic carbocycles. The minimum Gasteiger partial charge on any atom is -0.379 e. The lowest BCUT2D eigenvalue weighted by Crippen LogP contribution is -2.35. The van der Waals surface area contributed by atoms with E-state index < -0.39 is 0 Å². The molecule has 0 saturated carbocycles. The highest BCUT2D eigenvalue weighted by atomic mass is 35.5. The number of benzene rings is 1. The molecule has 1 aromatic carbocycles. The van der Waals surface area contributed by atoms with E-state index in [4.69, 9.17) is 27.9 Å². The molecule has 1 aromatic rings. The maximum Gasteiger partial charge on any atom is 0.253 e. The van der Waals surface area contributed by atoms with E-state index in [0.717, 1.165) is 6.42 Å². The van der Waals surface area contributed by atoms with Crippen molar-refractivity contribution in [3.8, 4) is 0 Å². The average Bonchev–Trinajstić information content (AvgIpc) is 2.70. The van der Waals surface area contributed by atoms with Crippen LogP contribution in [-0.4, -0.2) is 25.2 Å². The van der Waals surface area contributed by atoms with Gasteiger partial charge in [-0.25, -0.2) is 0 Å². The summed E-state index contributed by atoms with van der Waals surface area (Å²) in [5.41, 5.74) is 0.443. The van der Waals surface area contributed by atoms with Gasteiger partial charge in [-0.05, 0) is 24.6 Å².